The van der Waals surface area contributed by atoms with Crippen LogP contribution in [0.3, 0.4) is 0 Å². The van der Waals surface area contributed by atoms with E-state index in [9.17, 15) is 10.2 Å². The van der Waals surface area contributed by atoms with Gasteiger partial charge in [0, 0.05) is 24.0 Å². The molecule has 1 aromatic rings. The van der Waals surface area contributed by atoms with E-state index >= 15 is 0 Å². The zero-order valence-corrected chi connectivity index (χ0v) is 13.8. The Bertz CT molecular complexity index is 637. The number of rotatable bonds is 2. The van der Waals surface area contributed by atoms with Crippen LogP contribution in [-0.2, 0) is 6.42 Å². The van der Waals surface area contributed by atoms with Crippen molar-refractivity contribution in [3.05, 3.63) is 46.5 Å². The average Bonchev–Trinajstić information content (AvgIpc) is 2.68. The van der Waals surface area contributed by atoms with Crippen molar-refractivity contribution in [1.29, 1.82) is 0 Å². The first kappa shape index (κ1) is 15.4. The van der Waals surface area contributed by atoms with Gasteiger partial charge in [0.25, 0.3) is 0 Å². The fourth-order valence-corrected chi connectivity index (χ4v) is 3.96. The van der Waals surface area contributed by atoms with Crippen LogP contribution in [0.1, 0.15) is 56.2 Å². The maximum Gasteiger partial charge on any atom is 0.119 e. The van der Waals surface area contributed by atoms with Crippen molar-refractivity contribution in [2.45, 2.75) is 46.0 Å². The Balaban J connectivity index is 2.13. The number of phenolic OH excluding ortho intramolecular Hbond substituents is 1. The molecule has 0 radical (unpaired) electrons. The smallest absolute Gasteiger partial charge is 0.119 e. The monoisotopic (exact) mass is 298 g/mol. The highest BCUT2D eigenvalue weighted by molar-refractivity contribution is 5.65. The molecule has 0 spiro atoms. The fraction of sp³-hybridized carbons (Fsp3) is 0.500. The van der Waals surface area contributed by atoms with Crippen molar-refractivity contribution < 1.29 is 10.2 Å². The van der Waals surface area contributed by atoms with E-state index in [1.54, 1.807) is 6.07 Å². The van der Waals surface area contributed by atoms with Gasteiger partial charge < -0.3 is 10.2 Å². The molecule has 2 aliphatic carbocycles. The number of hydrogen-bond acceptors (Lipinski definition) is 2. The SMILES string of the molecule is C[C@@H](CO)c1ccc(O)c2c1C=C[C@H]1C(=CCCC1(C)C)C2. The zero-order valence-electron chi connectivity index (χ0n) is 13.8. The molecule has 2 heteroatoms. The molecule has 0 bridgehead atoms. The molecule has 118 valence electrons. The molecule has 3 rings (SSSR count). The summed E-state index contributed by atoms with van der Waals surface area (Å²) in [5, 5.41) is 19.9. The third kappa shape index (κ3) is 2.50. The van der Waals surface area contributed by atoms with Crippen LogP contribution in [0.2, 0.25) is 0 Å². The van der Waals surface area contributed by atoms with Crippen LogP contribution in [-0.4, -0.2) is 16.8 Å². The van der Waals surface area contributed by atoms with E-state index in [1.807, 2.05) is 13.0 Å². The molecule has 0 aromatic heterocycles. The van der Waals surface area contributed by atoms with Gasteiger partial charge in [0.2, 0.25) is 0 Å². The van der Waals surface area contributed by atoms with Crippen LogP contribution in [0.15, 0.2) is 29.9 Å². The number of allylic oxidation sites excluding steroid dienone is 3. The third-order valence-electron chi connectivity index (χ3n) is 5.44. The molecule has 0 heterocycles. The number of fused-ring (bicyclic) bond motifs is 2. The summed E-state index contributed by atoms with van der Waals surface area (Å²) in [6.07, 6.45) is 9.98. The number of phenols is 1. The summed E-state index contributed by atoms with van der Waals surface area (Å²) in [5.41, 5.74) is 4.94. The van der Waals surface area contributed by atoms with Crippen LogP contribution in [0, 0.1) is 11.3 Å². The standard InChI is InChI=1S/C20H26O2/c1-13(12-21)15-7-9-19(22)17-11-14-5-4-10-20(2,3)18(14)8-6-16(15)17/h5-9,13,18,21-22H,4,10-12H2,1-3H3/t13-,18-/m0/s1. The molecule has 0 unspecified atom stereocenters. The van der Waals surface area contributed by atoms with Gasteiger partial charge in [-0.1, -0.05) is 50.6 Å². The van der Waals surface area contributed by atoms with Gasteiger partial charge in [-0.05, 0) is 41.9 Å². The number of benzene rings is 1. The molecule has 0 fully saturated rings. The topological polar surface area (TPSA) is 40.5 Å². The lowest BCUT2D eigenvalue weighted by Gasteiger charge is -2.37. The summed E-state index contributed by atoms with van der Waals surface area (Å²) in [7, 11) is 0. The predicted molar refractivity (Wildman–Crippen MR) is 90.9 cm³/mol. The number of hydrogen-bond donors (Lipinski definition) is 2. The van der Waals surface area contributed by atoms with Gasteiger partial charge in [0.1, 0.15) is 5.75 Å². The second kappa shape index (κ2) is 5.58. The van der Waals surface area contributed by atoms with Gasteiger partial charge in [-0.2, -0.15) is 0 Å². The third-order valence-corrected chi connectivity index (χ3v) is 5.44. The van der Waals surface area contributed by atoms with Crippen molar-refractivity contribution in [1.82, 2.24) is 0 Å². The lowest BCUT2D eigenvalue weighted by Crippen LogP contribution is -2.27. The summed E-state index contributed by atoms with van der Waals surface area (Å²) in [5.74, 6) is 0.893. The van der Waals surface area contributed by atoms with Crippen LogP contribution in [0.25, 0.3) is 6.08 Å². The first-order valence-electron chi connectivity index (χ1n) is 8.27. The Morgan fingerprint density at radius 2 is 2.09 bits per heavy atom. The summed E-state index contributed by atoms with van der Waals surface area (Å²) >= 11 is 0. The zero-order chi connectivity index (χ0) is 15.9. The molecule has 0 aliphatic heterocycles. The van der Waals surface area contributed by atoms with Crippen molar-refractivity contribution in [3.8, 4) is 5.75 Å². The number of aliphatic hydroxyl groups excluding tert-OH is 1. The van der Waals surface area contributed by atoms with Gasteiger partial charge in [-0.15, -0.1) is 0 Å². The molecule has 0 saturated carbocycles. The van der Waals surface area contributed by atoms with E-state index in [4.69, 9.17) is 0 Å². The molecule has 2 nitrogen and oxygen atoms in total. The van der Waals surface area contributed by atoms with E-state index in [0.29, 0.717) is 11.7 Å². The Kier molecular flexibility index (Phi) is 3.90. The van der Waals surface area contributed by atoms with Crippen LogP contribution in [0.4, 0.5) is 0 Å². The minimum Gasteiger partial charge on any atom is -0.508 e. The number of aromatic hydroxyl groups is 1. The maximum absolute atomic E-state index is 10.4. The van der Waals surface area contributed by atoms with Crippen molar-refractivity contribution in [2.24, 2.45) is 11.3 Å². The minimum atomic E-state index is 0.0844. The quantitative estimate of drug-likeness (QED) is 0.793. The Morgan fingerprint density at radius 1 is 1.32 bits per heavy atom. The maximum atomic E-state index is 10.4. The summed E-state index contributed by atoms with van der Waals surface area (Å²) in [4.78, 5) is 0. The van der Waals surface area contributed by atoms with E-state index in [2.05, 4.69) is 32.1 Å². The molecule has 1 aromatic carbocycles. The van der Waals surface area contributed by atoms with Crippen LogP contribution < -0.4 is 0 Å². The van der Waals surface area contributed by atoms with Gasteiger partial charge in [-0.25, -0.2) is 0 Å². The highest BCUT2D eigenvalue weighted by atomic mass is 16.3. The summed E-state index contributed by atoms with van der Waals surface area (Å²) in [6, 6.07) is 3.73. The first-order valence-corrected chi connectivity index (χ1v) is 8.27. The summed E-state index contributed by atoms with van der Waals surface area (Å²) in [6.45, 7) is 6.83. The highest BCUT2D eigenvalue weighted by Gasteiger charge is 2.34. The van der Waals surface area contributed by atoms with Crippen molar-refractivity contribution in [3.63, 3.8) is 0 Å². The molecule has 2 aliphatic rings. The van der Waals surface area contributed by atoms with Gasteiger partial charge in [-0.3, -0.25) is 0 Å². The van der Waals surface area contributed by atoms with Crippen LogP contribution in [0.5, 0.6) is 5.75 Å². The lowest BCUT2D eigenvalue weighted by molar-refractivity contribution is 0.253. The molecule has 0 saturated heterocycles. The van der Waals surface area contributed by atoms with E-state index in [1.165, 1.54) is 12.0 Å². The normalized spacial score (nSPS) is 24.0. The molecular weight excluding hydrogens is 272 g/mol. The molecule has 2 N–H and O–H groups in total. The van der Waals surface area contributed by atoms with Gasteiger partial charge in [0.05, 0.1) is 0 Å². The Morgan fingerprint density at radius 3 is 2.82 bits per heavy atom. The number of aliphatic hydroxyl groups is 1. The van der Waals surface area contributed by atoms with E-state index in [0.717, 1.165) is 29.5 Å². The van der Waals surface area contributed by atoms with E-state index in [-0.39, 0.29) is 17.9 Å². The molecular formula is C20H26O2. The van der Waals surface area contributed by atoms with Crippen molar-refractivity contribution in [2.75, 3.05) is 6.61 Å². The second-order valence-electron chi connectivity index (χ2n) is 7.47. The second-order valence-corrected chi connectivity index (χ2v) is 7.47. The molecule has 0 amide bonds. The highest BCUT2D eigenvalue weighted by Crippen LogP contribution is 2.46. The lowest BCUT2D eigenvalue weighted by atomic mass is 9.67. The Hall–Kier alpha value is -1.54. The van der Waals surface area contributed by atoms with Crippen LogP contribution >= 0.6 is 0 Å². The average molecular weight is 298 g/mol. The molecule has 22 heavy (non-hydrogen) atoms. The van der Waals surface area contributed by atoms with E-state index < -0.39 is 0 Å². The predicted octanol–water partition coefficient (Wildman–Crippen LogP) is 4.42. The largest absolute Gasteiger partial charge is 0.508 e. The minimum absolute atomic E-state index is 0.0844. The Labute approximate surface area is 133 Å². The fourth-order valence-electron chi connectivity index (χ4n) is 3.96. The van der Waals surface area contributed by atoms with Crippen molar-refractivity contribution >= 4 is 6.08 Å². The van der Waals surface area contributed by atoms with Gasteiger partial charge >= 0.3 is 0 Å². The van der Waals surface area contributed by atoms with Gasteiger partial charge in [0.15, 0.2) is 0 Å². The first-order chi connectivity index (χ1) is 10.4. The molecule has 2 atom stereocenters. The summed E-state index contributed by atoms with van der Waals surface area (Å²) < 4.78 is 0.